The molecule has 120 valence electrons. The summed E-state index contributed by atoms with van der Waals surface area (Å²) >= 11 is 3.31. The number of nitro groups is 1. The van der Waals surface area contributed by atoms with E-state index in [2.05, 4.69) is 21.2 Å². The SMILES string of the molecule is Cc1ccc(NC(=O)/C(C#N)=C/c2cccc(Br)c2)c([N+](=O)[O-])c1. The summed E-state index contributed by atoms with van der Waals surface area (Å²) in [5, 5.41) is 22.7. The van der Waals surface area contributed by atoms with Gasteiger partial charge < -0.3 is 5.32 Å². The lowest BCUT2D eigenvalue weighted by molar-refractivity contribution is -0.384. The van der Waals surface area contributed by atoms with Crippen molar-refractivity contribution in [1.29, 1.82) is 5.26 Å². The number of hydrogen-bond donors (Lipinski definition) is 1. The number of nitriles is 1. The van der Waals surface area contributed by atoms with Gasteiger partial charge in [0.25, 0.3) is 11.6 Å². The predicted octanol–water partition coefficient (Wildman–Crippen LogP) is 4.21. The van der Waals surface area contributed by atoms with Crippen LogP contribution in [0.5, 0.6) is 0 Å². The number of carbonyl (C=O) groups excluding carboxylic acids is 1. The lowest BCUT2D eigenvalue weighted by atomic mass is 10.1. The van der Waals surface area contributed by atoms with Crippen LogP contribution in [0.1, 0.15) is 11.1 Å². The van der Waals surface area contributed by atoms with Gasteiger partial charge in [-0.25, -0.2) is 0 Å². The monoisotopic (exact) mass is 385 g/mol. The highest BCUT2D eigenvalue weighted by Gasteiger charge is 2.18. The number of hydrogen-bond acceptors (Lipinski definition) is 4. The Bertz CT molecular complexity index is 885. The molecule has 2 aromatic rings. The maximum atomic E-state index is 12.3. The second-order valence-electron chi connectivity index (χ2n) is 4.96. The molecule has 0 aliphatic rings. The van der Waals surface area contributed by atoms with Crippen LogP contribution in [0.15, 0.2) is 52.5 Å². The molecule has 0 saturated heterocycles. The zero-order valence-electron chi connectivity index (χ0n) is 12.6. The van der Waals surface area contributed by atoms with Crippen LogP contribution >= 0.6 is 15.9 Å². The number of anilines is 1. The van der Waals surface area contributed by atoms with Gasteiger partial charge in [-0.15, -0.1) is 0 Å². The first kappa shape index (κ1) is 17.4. The second-order valence-corrected chi connectivity index (χ2v) is 5.87. The Balaban J connectivity index is 2.31. The van der Waals surface area contributed by atoms with E-state index in [1.165, 1.54) is 18.2 Å². The molecule has 0 spiro atoms. The highest BCUT2D eigenvalue weighted by Crippen LogP contribution is 2.26. The van der Waals surface area contributed by atoms with Crippen LogP contribution in [0.2, 0.25) is 0 Å². The standard InChI is InChI=1S/C17H12BrN3O3/c1-11-5-6-15(16(7-11)21(23)24)20-17(22)13(10-19)8-12-3-2-4-14(18)9-12/h2-9H,1H3,(H,20,22)/b13-8+. The van der Waals surface area contributed by atoms with Gasteiger partial charge in [-0.05, 0) is 42.3 Å². The molecule has 24 heavy (non-hydrogen) atoms. The summed E-state index contributed by atoms with van der Waals surface area (Å²) in [6.07, 6.45) is 1.42. The van der Waals surface area contributed by atoms with Crippen molar-refractivity contribution in [3.63, 3.8) is 0 Å². The van der Waals surface area contributed by atoms with Gasteiger partial charge in [-0.1, -0.05) is 34.1 Å². The number of carbonyl (C=O) groups is 1. The Morgan fingerprint density at radius 1 is 1.33 bits per heavy atom. The average molecular weight is 386 g/mol. The maximum absolute atomic E-state index is 12.3. The fourth-order valence-corrected chi connectivity index (χ4v) is 2.42. The minimum Gasteiger partial charge on any atom is -0.316 e. The zero-order chi connectivity index (χ0) is 17.7. The van der Waals surface area contributed by atoms with Gasteiger partial charge in [0.05, 0.1) is 4.92 Å². The van der Waals surface area contributed by atoms with Gasteiger partial charge in [0, 0.05) is 10.5 Å². The van der Waals surface area contributed by atoms with Crippen molar-refractivity contribution in [2.75, 3.05) is 5.32 Å². The molecule has 0 fully saturated rings. The molecule has 1 amide bonds. The smallest absolute Gasteiger partial charge is 0.293 e. The van der Waals surface area contributed by atoms with Crippen LogP contribution in [0.4, 0.5) is 11.4 Å². The van der Waals surface area contributed by atoms with Crippen molar-refractivity contribution < 1.29 is 9.72 Å². The van der Waals surface area contributed by atoms with Crippen LogP contribution in [0.25, 0.3) is 6.08 Å². The fraction of sp³-hybridized carbons (Fsp3) is 0.0588. The summed E-state index contributed by atoms with van der Waals surface area (Å²) < 4.78 is 0.808. The topological polar surface area (TPSA) is 96.0 Å². The molecule has 0 unspecified atom stereocenters. The number of halogens is 1. The Morgan fingerprint density at radius 2 is 2.08 bits per heavy atom. The molecule has 0 heterocycles. The molecule has 0 atom stereocenters. The van der Waals surface area contributed by atoms with Crippen LogP contribution in [-0.2, 0) is 4.79 Å². The van der Waals surface area contributed by atoms with Crippen molar-refractivity contribution in [2.45, 2.75) is 6.92 Å². The van der Waals surface area contributed by atoms with Gasteiger partial charge in [0.15, 0.2) is 0 Å². The van der Waals surface area contributed by atoms with E-state index in [1.54, 1.807) is 31.2 Å². The molecule has 0 aliphatic heterocycles. The molecule has 2 aromatic carbocycles. The number of nitrogens with zero attached hydrogens (tertiary/aromatic N) is 2. The molecule has 1 N–H and O–H groups in total. The Hall–Kier alpha value is -2.98. The van der Waals surface area contributed by atoms with Crippen molar-refractivity contribution in [2.24, 2.45) is 0 Å². The van der Waals surface area contributed by atoms with Gasteiger partial charge >= 0.3 is 0 Å². The maximum Gasteiger partial charge on any atom is 0.293 e. The lowest BCUT2D eigenvalue weighted by Gasteiger charge is -2.06. The number of nitrogens with one attached hydrogen (secondary N) is 1. The van der Waals surface area contributed by atoms with E-state index >= 15 is 0 Å². The molecule has 7 heteroatoms. The molecular formula is C17H12BrN3O3. The van der Waals surface area contributed by atoms with Crippen molar-refractivity contribution in [3.8, 4) is 6.07 Å². The first-order valence-corrected chi connectivity index (χ1v) is 7.64. The number of aryl methyl sites for hydroxylation is 1. The Kier molecular flexibility index (Phi) is 5.45. The number of amides is 1. The van der Waals surface area contributed by atoms with Crippen molar-refractivity contribution in [3.05, 3.63) is 73.8 Å². The highest BCUT2D eigenvalue weighted by atomic mass is 79.9. The highest BCUT2D eigenvalue weighted by molar-refractivity contribution is 9.10. The Morgan fingerprint density at radius 3 is 2.71 bits per heavy atom. The van der Waals surface area contributed by atoms with Crippen LogP contribution < -0.4 is 5.32 Å². The first-order valence-electron chi connectivity index (χ1n) is 6.84. The summed E-state index contributed by atoms with van der Waals surface area (Å²) in [6, 6.07) is 13.3. The quantitative estimate of drug-likeness (QED) is 0.368. The van der Waals surface area contributed by atoms with E-state index < -0.39 is 10.8 Å². The third-order valence-corrected chi connectivity index (χ3v) is 3.62. The average Bonchev–Trinajstić information content (AvgIpc) is 2.54. The summed E-state index contributed by atoms with van der Waals surface area (Å²) in [5.41, 5.74) is 1.04. The second kappa shape index (κ2) is 7.53. The molecule has 0 bridgehead atoms. The summed E-state index contributed by atoms with van der Waals surface area (Å²) in [5.74, 6) is -0.704. The van der Waals surface area contributed by atoms with E-state index in [0.29, 0.717) is 11.1 Å². The fourth-order valence-electron chi connectivity index (χ4n) is 2.00. The van der Waals surface area contributed by atoms with Crippen LogP contribution in [-0.4, -0.2) is 10.8 Å². The molecule has 0 saturated carbocycles. The molecule has 0 aromatic heterocycles. The normalized spacial score (nSPS) is 10.8. The van der Waals surface area contributed by atoms with Crippen molar-refractivity contribution >= 4 is 39.3 Å². The minimum absolute atomic E-state index is 0.0472. The molecule has 6 nitrogen and oxygen atoms in total. The number of benzene rings is 2. The van der Waals surface area contributed by atoms with Gasteiger partial charge in [0.1, 0.15) is 17.3 Å². The van der Waals surface area contributed by atoms with Gasteiger partial charge in [-0.3, -0.25) is 14.9 Å². The molecule has 0 aliphatic carbocycles. The summed E-state index contributed by atoms with van der Waals surface area (Å²) in [6.45, 7) is 1.71. The third kappa shape index (κ3) is 4.27. The van der Waals surface area contributed by atoms with E-state index in [9.17, 15) is 20.2 Å². The van der Waals surface area contributed by atoms with E-state index in [0.717, 1.165) is 4.47 Å². The van der Waals surface area contributed by atoms with Crippen LogP contribution in [0.3, 0.4) is 0 Å². The van der Waals surface area contributed by atoms with Crippen LogP contribution in [0, 0.1) is 28.4 Å². The minimum atomic E-state index is -0.704. The number of nitro benzene ring substituents is 1. The Labute approximate surface area is 146 Å². The predicted molar refractivity (Wildman–Crippen MR) is 94.2 cm³/mol. The summed E-state index contributed by atoms with van der Waals surface area (Å²) in [7, 11) is 0. The van der Waals surface area contributed by atoms with Gasteiger partial charge in [0.2, 0.25) is 0 Å². The first-order chi connectivity index (χ1) is 11.4. The molecular weight excluding hydrogens is 374 g/mol. The molecule has 0 radical (unpaired) electrons. The zero-order valence-corrected chi connectivity index (χ0v) is 14.2. The summed E-state index contributed by atoms with van der Waals surface area (Å²) in [4.78, 5) is 22.8. The van der Waals surface area contributed by atoms with Gasteiger partial charge in [-0.2, -0.15) is 5.26 Å². The lowest BCUT2D eigenvalue weighted by Crippen LogP contribution is -2.14. The van der Waals surface area contributed by atoms with Crippen molar-refractivity contribution in [1.82, 2.24) is 0 Å². The van der Waals surface area contributed by atoms with E-state index in [4.69, 9.17) is 0 Å². The third-order valence-electron chi connectivity index (χ3n) is 3.12. The largest absolute Gasteiger partial charge is 0.316 e. The number of rotatable bonds is 4. The van der Waals surface area contributed by atoms with E-state index in [1.807, 2.05) is 12.1 Å². The molecule has 2 rings (SSSR count). The van der Waals surface area contributed by atoms with E-state index in [-0.39, 0.29) is 16.9 Å².